The zero-order chi connectivity index (χ0) is 17.4. The van der Waals surface area contributed by atoms with Crippen molar-refractivity contribution >= 4 is 10.0 Å². The Labute approximate surface area is 132 Å². The summed E-state index contributed by atoms with van der Waals surface area (Å²) in [6, 6.07) is 1.62. The second-order valence-corrected chi connectivity index (χ2v) is 7.68. The van der Waals surface area contributed by atoms with E-state index in [9.17, 15) is 26.0 Å². The van der Waals surface area contributed by atoms with Crippen molar-refractivity contribution in [3.8, 4) is 0 Å². The van der Waals surface area contributed by atoms with E-state index in [4.69, 9.17) is 5.73 Å². The molecule has 2 N–H and O–H groups in total. The molecular formula is C14H18F4N2O2S. The quantitative estimate of drug-likeness (QED) is 0.849. The summed E-state index contributed by atoms with van der Waals surface area (Å²) >= 11 is 0. The van der Waals surface area contributed by atoms with Crippen molar-refractivity contribution in [1.82, 2.24) is 4.31 Å². The highest BCUT2D eigenvalue weighted by Gasteiger charge is 2.36. The largest absolute Gasteiger partial charge is 0.419 e. The Balaban J connectivity index is 2.23. The predicted molar refractivity (Wildman–Crippen MR) is 76.5 cm³/mol. The van der Waals surface area contributed by atoms with Crippen LogP contribution in [0.2, 0.25) is 0 Å². The second-order valence-electron chi connectivity index (χ2n) is 5.74. The Kier molecular flexibility index (Phi) is 5.03. The third kappa shape index (κ3) is 3.84. The summed E-state index contributed by atoms with van der Waals surface area (Å²) in [5, 5.41) is 0. The molecule has 1 aromatic carbocycles. The van der Waals surface area contributed by atoms with Crippen LogP contribution in [0.5, 0.6) is 0 Å². The molecule has 0 aliphatic carbocycles. The predicted octanol–water partition coefficient (Wildman–Crippen LogP) is 2.59. The first-order valence-electron chi connectivity index (χ1n) is 7.16. The lowest BCUT2D eigenvalue weighted by Gasteiger charge is -2.33. The lowest BCUT2D eigenvalue weighted by molar-refractivity contribution is -0.140. The zero-order valence-corrected chi connectivity index (χ0v) is 13.3. The van der Waals surface area contributed by atoms with E-state index in [1.54, 1.807) is 0 Å². The molecule has 9 heteroatoms. The van der Waals surface area contributed by atoms with Gasteiger partial charge in [0.15, 0.2) is 0 Å². The normalized spacial score (nSPS) is 19.7. The topological polar surface area (TPSA) is 63.4 Å². The van der Waals surface area contributed by atoms with Gasteiger partial charge in [0.1, 0.15) is 5.82 Å². The van der Waals surface area contributed by atoms with Gasteiger partial charge in [0.25, 0.3) is 0 Å². The van der Waals surface area contributed by atoms with Gasteiger partial charge in [-0.25, -0.2) is 12.8 Å². The molecule has 4 nitrogen and oxygen atoms in total. The van der Waals surface area contributed by atoms with Crippen molar-refractivity contribution < 1.29 is 26.0 Å². The van der Waals surface area contributed by atoms with Crippen LogP contribution in [0.4, 0.5) is 17.6 Å². The Morgan fingerprint density at radius 2 is 1.83 bits per heavy atom. The maximum atomic E-state index is 13.6. The molecule has 130 valence electrons. The Hall–Kier alpha value is -1.19. The van der Waals surface area contributed by atoms with E-state index in [1.807, 2.05) is 6.92 Å². The molecule has 1 heterocycles. The molecule has 1 atom stereocenters. The Morgan fingerprint density at radius 1 is 1.26 bits per heavy atom. The smallest absolute Gasteiger partial charge is 0.328 e. The van der Waals surface area contributed by atoms with Gasteiger partial charge in [0, 0.05) is 19.1 Å². The number of sulfonamides is 1. The van der Waals surface area contributed by atoms with E-state index in [0.717, 1.165) is 10.4 Å². The van der Waals surface area contributed by atoms with Crippen molar-refractivity contribution in [2.75, 3.05) is 13.1 Å². The van der Waals surface area contributed by atoms with Gasteiger partial charge in [-0.2, -0.15) is 17.5 Å². The summed E-state index contributed by atoms with van der Waals surface area (Å²) in [4.78, 5) is -0.470. The fraction of sp³-hybridized carbons (Fsp3) is 0.571. The molecule has 1 unspecified atom stereocenters. The second kappa shape index (κ2) is 6.37. The Morgan fingerprint density at radius 3 is 2.26 bits per heavy atom. The van der Waals surface area contributed by atoms with Crippen LogP contribution in [0, 0.1) is 11.7 Å². The van der Waals surface area contributed by atoms with Crippen molar-refractivity contribution in [2.24, 2.45) is 11.7 Å². The molecule has 0 spiro atoms. The molecule has 1 aliphatic heterocycles. The highest BCUT2D eigenvalue weighted by molar-refractivity contribution is 7.89. The molecule has 1 aliphatic rings. The molecule has 1 aromatic rings. The summed E-state index contributed by atoms with van der Waals surface area (Å²) in [5.74, 6) is -1.39. The lowest BCUT2D eigenvalue weighted by Crippen LogP contribution is -2.42. The number of hydrogen-bond acceptors (Lipinski definition) is 3. The van der Waals surface area contributed by atoms with Gasteiger partial charge in [0.05, 0.1) is 10.5 Å². The van der Waals surface area contributed by atoms with Crippen LogP contribution in [0.25, 0.3) is 0 Å². The van der Waals surface area contributed by atoms with Crippen molar-refractivity contribution in [1.29, 1.82) is 0 Å². The number of piperidine rings is 1. The first kappa shape index (κ1) is 18.2. The Bertz CT molecular complexity index is 666. The van der Waals surface area contributed by atoms with E-state index in [0.29, 0.717) is 25.0 Å². The molecule has 0 amide bonds. The van der Waals surface area contributed by atoms with Gasteiger partial charge in [0.2, 0.25) is 10.0 Å². The third-order valence-corrected chi connectivity index (χ3v) is 6.02. The number of nitrogens with two attached hydrogens (primary N) is 1. The summed E-state index contributed by atoms with van der Waals surface area (Å²) in [7, 11) is -4.01. The van der Waals surface area contributed by atoms with Gasteiger partial charge < -0.3 is 5.73 Å². The minimum Gasteiger partial charge on any atom is -0.328 e. The number of alkyl halides is 3. The molecule has 1 fully saturated rings. The molecular weight excluding hydrogens is 336 g/mol. The number of halogens is 4. The average Bonchev–Trinajstić information content (AvgIpc) is 2.45. The molecule has 0 aromatic heterocycles. The number of nitrogens with zero attached hydrogens (tertiary/aromatic N) is 1. The van der Waals surface area contributed by atoms with Crippen LogP contribution in [0.1, 0.15) is 25.3 Å². The SMILES string of the molecule is CC(N)C1CCN(S(=O)(=O)c2ccc(C(F)(F)F)c(F)c2)CC1. The van der Waals surface area contributed by atoms with Crippen LogP contribution < -0.4 is 5.73 Å². The van der Waals surface area contributed by atoms with Gasteiger partial charge in [-0.15, -0.1) is 0 Å². The minimum atomic E-state index is -4.86. The minimum absolute atomic E-state index is 0.0524. The molecule has 1 saturated heterocycles. The highest BCUT2D eigenvalue weighted by Crippen LogP contribution is 2.33. The molecule has 0 saturated carbocycles. The number of rotatable bonds is 3. The number of hydrogen-bond donors (Lipinski definition) is 1. The zero-order valence-electron chi connectivity index (χ0n) is 12.5. The van der Waals surface area contributed by atoms with E-state index in [2.05, 4.69) is 0 Å². The fourth-order valence-corrected chi connectivity index (χ4v) is 4.16. The highest BCUT2D eigenvalue weighted by atomic mass is 32.2. The van der Waals surface area contributed by atoms with Gasteiger partial charge in [-0.3, -0.25) is 0 Å². The molecule has 0 bridgehead atoms. The van der Waals surface area contributed by atoms with E-state index >= 15 is 0 Å². The van der Waals surface area contributed by atoms with Crippen LogP contribution in [-0.2, 0) is 16.2 Å². The fourth-order valence-electron chi connectivity index (χ4n) is 2.68. The van der Waals surface area contributed by atoms with Gasteiger partial charge in [-0.05, 0) is 43.9 Å². The summed E-state index contributed by atoms with van der Waals surface area (Å²) < 4.78 is 77.2. The van der Waals surface area contributed by atoms with Crippen LogP contribution in [-0.4, -0.2) is 31.9 Å². The van der Waals surface area contributed by atoms with Crippen molar-refractivity contribution in [3.05, 3.63) is 29.6 Å². The maximum absolute atomic E-state index is 13.6. The van der Waals surface area contributed by atoms with Crippen molar-refractivity contribution in [3.63, 3.8) is 0 Å². The van der Waals surface area contributed by atoms with Gasteiger partial charge in [-0.1, -0.05) is 0 Å². The van der Waals surface area contributed by atoms with Crippen LogP contribution >= 0.6 is 0 Å². The summed E-state index contributed by atoms with van der Waals surface area (Å²) in [6.07, 6.45) is -3.72. The molecule has 0 radical (unpaired) electrons. The van der Waals surface area contributed by atoms with E-state index < -0.39 is 32.5 Å². The van der Waals surface area contributed by atoms with Crippen LogP contribution in [0.3, 0.4) is 0 Å². The molecule has 2 rings (SSSR count). The lowest BCUT2D eigenvalue weighted by atomic mass is 9.92. The van der Waals surface area contributed by atoms with Crippen LogP contribution in [0.15, 0.2) is 23.1 Å². The van der Waals surface area contributed by atoms with E-state index in [-0.39, 0.29) is 25.0 Å². The monoisotopic (exact) mass is 354 g/mol. The molecule has 23 heavy (non-hydrogen) atoms. The first-order valence-corrected chi connectivity index (χ1v) is 8.60. The summed E-state index contributed by atoms with van der Waals surface area (Å²) in [6.45, 7) is 2.29. The van der Waals surface area contributed by atoms with Gasteiger partial charge >= 0.3 is 6.18 Å². The average molecular weight is 354 g/mol. The van der Waals surface area contributed by atoms with Crippen molar-refractivity contribution in [2.45, 2.75) is 36.9 Å². The standard InChI is InChI=1S/C14H18F4N2O2S/c1-9(19)10-4-6-20(7-5-10)23(21,22)11-2-3-12(13(15)8-11)14(16,17)18/h2-3,8-10H,4-7,19H2,1H3. The van der Waals surface area contributed by atoms with E-state index in [1.165, 1.54) is 0 Å². The third-order valence-electron chi connectivity index (χ3n) is 4.13. The summed E-state index contributed by atoms with van der Waals surface area (Å²) in [5.41, 5.74) is 4.31. The number of benzene rings is 1. The first-order chi connectivity index (χ1) is 10.5. The maximum Gasteiger partial charge on any atom is 0.419 e.